The van der Waals surface area contributed by atoms with Gasteiger partial charge < -0.3 is 10.1 Å². The van der Waals surface area contributed by atoms with Crippen LogP contribution in [-0.4, -0.2) is 15.1 Å². The lowest BCUT2D eigenvalue weighted by Gasteiger charge is -2.03. The van der Waals surface area contributed by atoms with E-state index >= 15 is 0 Å². The van der Waals surface area contributed by atoms with E-state index in [9.17, 15) is 10.1 Å². The molecular weight excluding hydrogens is 338 g/mol. The van der Waals surface area contributed by atoms with Gasteiger partial charge >= 0.3 is 5.82 Å². The van der Waals surface area contributed by atoms with E-state index in [-0.39, 0.29) is 10.8 Å². The highest BCUT2D eigenvalue weighted by Crippen LogP contribution is 2.26. The van der Waals surface area contributed by atoms with Crippen molar-refractivity contribution in [3.8, 4) is 0 Å². The lowest BCUT2D eigenvalue weighted by molar-refractivity contribution is -0.389. The fourth-order valence-corrected chi connectivity index (χ4v) is 3.38. The number of nitrogens with zero attached hydrogens (tertiary/aromatic N) is 2. The van der Waals surface area contributed by atoms with Crippen LogP contribution in [0.2, 0.25) is 5.02 Å². The Hall–Kier alpha value is -1.10. The van der Waals surface area contributed by atoms with Crippen LogP contribution < -0.4 is 0 Å². The average molecular weight is 372 g/mol. The molecular formula is C19H34ClN3O2. The van der Waals surface area contributed by atoms with Crippen LogP contribution in [0.3, 0.4) is 0 Å². The molecule has 0 aromatic carbocycles. The molecule has 0 unspecified atom stereocenters. The molecule has 1 rings (SSSR count). The second-order valence-corrected chi connectivity index (χ2v) is 7.31. The van der Waals surface area contributed by atoms with Crippen molar-refractivity contribution in [3.05, 3.63) is 20.8 Å². The van der Waals surface area contributed by atoms with Gasteiger partial charge in [-0.2, -0.15) is 0 Å². The predicted octanol–water partition coefficient (Wildman–Crippen LogP) is 7.00. The first-order valence-electron chi connectivity index (χ1n) is 10.0. The smallest absolute Gasteiger partial charge is 0.358 e. The van der Waals surface area contributed by atoms with E-state index in [4.69, 9.17) is 11.6 Å². The number of halogens is 1. The van der Waals surface area contributed by atoms with Gasteiger partial charge in [0.05, 0.1) is 0 Å². The molecule has 1 N–H and O–H groups in total. The minimum atomic E-state index is -0.524. The number of nitrogens with one attached hydrogen (secondary N) is 1. The van der Waals surface area contributed by atoms with Crippen molar-refractivity contribution in [2.75, 3.05) is 0 Å². The van der Waals surface area contributed by atoms with E-state index in [0.29, 0.717) is 12.1 Å². The summed E-state index contributed by atoms with van der Waals surface area (Å²) in [4.78, 5) is 10.2. The molecule has 1 aromatic heterocycles. The van der Waals surface area contributed by atoms with E-state index in [1.165, 1.54) is 77.0 Å². The molecule has 0 saturated heterocycles. The van der Waals surface area contributed by atoms with Gasteiger partial charge in [-0.15, -0.1) is 5.10 Å². The Kier molecular flexibility index (Phi) is 12.4. The van der Waals surface area contributed by atoms with Gasteiger partial charge in [-0.05, 0) is 17.8 Å². The highest BCUT2D eigenvalue weighted by molar-refractivity contribution is 6.33. The number of hydrogen-bond acceptors (Lipinski definition) is 3. The summed E-state index contributed by atoms with van der Waals surface area (Å²) in [5.74, 6) is -0.193. The Morgan fingerprint density at radius 3 is 1.72 bits per heavy atom. The summed E-state index contributed by atoms with van der Waals surface area (Å²) >= 11 is 5.94. The molecule has 0 radical (unpaired) electrons. The summed E-state index contributed by atoms with van der Waals surface area (Å²) in [7, 11) is 0. The van der Waals surface area contributed by atoms with Crippen LogP contribution in [0.1, 0.15) is 103 Å². The van der Waals surface area contributed by atoms with Crippen molar-refractivity contribution in [3.63, 3.8) is 0 Å². The van der Waals surface area contributed by atoms with E-state index in [2.05, 4.69) is 17.1 Å². The second kappa shape index (κ2) is 14.1. The van der Waals surface area contributed by atoms with Crippen molar-refractivity contribution in [1.82, 2.24) is 10.2 Å². The third-order valence-electron chi connectivity index (χ3n) is 4.71. The largest absolute Gasteiger partial charge is 0.361 e. The zero-order valence-electron chi connectivity index (χ0n) is 15.7. The molecule has 5 nitrogen and oxygen atoms in total. The SMILES string of the molecule is CCCCCCCCCCCCCCCCc1n[nH]c([N+](=O)[O-])c1Cl. The third-order valence-corrected chi connectivity index (χ3v) is 5.10. The molecule has 0 saturated carbocycles. The monoisotopic (exact) mass is 371 g/mol. The quantitative estimate of drug-likeness (QED) is 0.193. The minimum absolute atomic E-state index is 0.166. The Balaban J connectivity index is 1.88. The van der Waals surface area contributed by atoms with Gasteiger partial charge in [0, 0.05) is 0 Å². The number of nitro groups is 1. The van der Waals surface area contributed by atoms with Gasteiger partial charge in [0.2, 0.25) is 0 Å². The first-order chi connectivity index (χ1) is 12.2. The molecule has 0 atom stereocenters. The fraction of sp³-hybridized carbons (Fsp3) is 0.842. The van der Waals surface area contributed by atoms with Crippen molar-refractivity contribution in [2.45, 2.75) is 103 Å². The van der Waals surface area contributed by atoms with Gasteiger partial charge in [0.15, 0.2) is 5.02 Å². The van der Waals surface area contributed by atoms with Crippen molar-refractivity contribution in [2.24, 2.45) is 0 Å². The summed E-state index contributed by atoms with van der Waals surface area (Å²) in [6.45, 7) is 2.26. The van der Waals surface area contributed by atoms with Crippen LogP contribution in [-0.2, 0) is 6.42 Å². The summed E-state index contributed by atoms with van der Waals surface area (Å²) < 4.78 is 0. The van der Waals surface area contributed by atoms with E-state index in [1.54, 1.807) is 0 Å². The summed E-state index contributed by atoms with van der Waals surface area (Å²) in [6, 6.07) is 0. The maximum Gasteiger partial charge on any atom is 0.361 e. The number of H-pyrrole nitrogens is 1. The average Bonchev–Trinajstić information content (AvgIpc) is 2.96. The van der Waals surface area contributed by atoms with Crippen molar-refractivity contribution in [1.29, 1.82) is 0 Å². The normalized spacial score (nSPS) is 11.1. The van der Waals surface area contributed by atoms with Gasteiger partial charge in [-0.3, -0.25) is 0 Å². The minimum Gasteiger partial charge on any atom is -0.358 e. The first-order valence-corrected chi connectivity index (χ1v) is 10.4. The molecule has 0 aliphatic heterocycles. The Bertz CT molecular complexity index is 477. The Morgan fingerprint density at radius 2 is 1.32 bits per heavy atom. The summed E-state index contributed by atoms with van der Waals surface area (Å²) in [5.41, 5.74) is 0.618. The topological polar surface area (TPSA) is 71.8 Å². The zero-order chi connectivity index (χ0) is 18.3. The molecule has 25 heavy (non-hydrogen) atoms. The highest BCUT2D eigenvalue weighted by Gasteiger charge is 2.19. The number of aryl methyl sites for hydroxylation is 1. The van der Waals surface area contributed by atoms with E-state index in [1.807, 2.05) is 0 Å². The summed E-state index contributed by atoms with van der Waals surface area (Å²) in [6.07, 6.45) is 19.1. The molecule has 0 spiro atoms. The molecule has 0 aliphatic carbocycles. The Labute approximate surface area is 157 Å². The maximum absolute atomic E-state index is 10.7. The van der Waals surface area contributed by atoms with Crippen LogP contribution in [0.5, 0.6) is 0 Å². The third kappa shape index (κ3) is 9.83. The van der Waals surface area contributed by atoms with Gasteiger partial charge in [-0.25, -0.2) is 0 Å². The fourth-order valence-electron chi connectivity index (χ4n) is 3.13. The second-order valence-electron chi connectivity index (χ2n) is 6.94. The van der Waals surface area contributed by atoms with Crippen LogP contribution >= 0.6 is 11.6 Å². The van der Waals surface area contributed by atoms with Crippen LogP contribution in [0.15, 0.2) is 0 Å². The van der Waals surface area contributed by atoms with E-state index in [0.717, 1.165) is 12.8 Å². The predicted molar refractivity (Wildman–Crippen MR) is 104 cm³/mol. The molecule has 0 fully saturated rings. The lowest BCUT2D eigenvalue weighted by Crippen LogP contribution is -1.89. The summed E-state index contributed by atoms with van der Waals surface area (Å²) in [5, 5.41) is 17.2. The number of rotatable bonds is 16. The number of aromatic nitrogens is 2. The molecule has 1 heterocycles. The molecule has 0 bridgehead atoms. The molecule has 1 aromatic rings. The zero-order valence-corrected chi connectivity index (χ0v) is 16.5. The standard InChI is InChI=1S/C19H34ClN3O2/c1-2-3-4-5-6-7-8-9-10-11-12-13-14-15-16-17-18(20)19(22-21-17)23(24)25/h2-16H2,1H3,(H,21,22). The first kappa shape index (κ1) is 21.9. The van der Waals surface area contributed by atoms with Crippen molar-refractivity contribution >= 4 is 17.4 Å². The van der Waals surface area contributed by atoms with Gasteiger partial charge in [-0.1, -0.05) is 107 Å². The maximum atomic E-state index is 10.7. The van der Waals surface area contributed by atoms with E-state index < -0.39 is 4.92 Å². The highest BCUT2D eigenvalue weighted by atomic mass is 35.5. The number of unbranched alkanes of at least 4 members (excludes halogenated alkanes) is 13. The Morgan fingerprint density at radius 1 is 0.880 bits per heavy atom. The molecule has 0 aliphatic rings. The number of hydrogen-bond donors (Lipinski definition) is 1. The van der Waals surface area contributed by atoms with Crippen LogP contribution in [0, 0.1) is 10.1 Å². The van der Waals surface area contributed by atoms with Crippen LogP contribution in [0.25, 0.3) is 0 Å². The number of aromatic amines is 1. The molecule has 144 valence electrons. The van der Waals surface area contributed by atoms with Gasteiger partial charge in [0.25, 0.3) is 0 Å². The van der Waals surface area contributed by atoms with Crippen LogP contribution in [0.4, 0.5) is 5.82 Å². The van der Waals surface area contributed by atoms with Crippen molar-refractivity contribution < 1.29 is 4.92 Å². The van der Waals surface area contributed by atoms with Gasteiger partial charge in [0.1, 0.15) is 5.69 Å². The lowest BCUT2D eigenvalue weighted by atomic mass is 10.0. The molecule has 0 amide bonds. The molecule has 6 heteroatoms.